The van der Waals surface area contributed by atoms with Crippen LogP contribution in [0.5, 0.6) is 5.75 Å². The smallest absolute Gasteiger partial charge is 0.307 e. The molecule has 0 amide bonds. The molecule has 2 saturated carbocycles. The summed E-state index contributed by atoms with van der Waals surface area (Å²) in [6, 6.07) is 14.3. The molecule has 3 aliphatic rings. The van der Waals surface area contributed by atoms with E-state index in [1.54, 1.807) is 0 Å². The van der Waals surface area contributed by atoms with E-state index >= 15 is 0 Å². The van der Waals surface area contributed by atoms with Crippen molar-refractivity contribution >= 4 is 5.97 Å². The van der Waals surface area contributed by atoms with Gasteiger partial charge < -0.3 is 9.84 Å². The average Bonchev–Trinajstić information content (AvgIpc) is 3.36. The summed E-state index contributed by atoms with van der Waals surface area (Å²) >= 11 is 0. The van der Waals surface area contributed by atoms with Crippen molar-refractivity contribution in [3.63, 3.8) is 0 Å². The minimum atomic E-state index is -0.692. The molecule has 1 aromatic heterocycles. The van der Waals surface area contributed by atoms with Crippen molar-refractivity contribution in [2.45, 2.75) is 77.2 Å². The lowest BCUT2D eigenvalue weighted by Crippen LogP contribution is -2.17. The Morgan fingerprint density at radius 3 is 2.70 bits per heavy atom. The van der Waals surface area contributed by atoms with E-state index in [9.17, 15) is 14.3 Å². The van der Waals surface area contributed by atoms with Crippen molar-refractivity contribution < 1.29 is 19.0 Å². The van der Waals surface area contributed by atoms with Crippen molar-refractivity contribution in [3.8, 4) is 16.9 Å². The Morgan fingerprint density at radius 1 is 1.14 bits per heavy atom. The van der Waals surface area contributed by atoms with Crippen molar-refractivity contribution in [1.29, 1.82) is 0 Å². The number of halogens is 1. The lowest BCUT2D eigenvalue weighted by Gasteiger charge is -2.30. The maximum absolute atomic E-state index is 14.9. The molecular weight excluding hydrogens is 465 g/mol. The summed E-state index contributed by atoms with van der Waals surface area (Å²) in [6.07, 6.45) is 7.32. The molecule has 0 saturated heterocycles. The van der Waals surface area contributed by atoms with Gasteiger partial charge in [-0.2, -0.15) is 0 Å². The number of ether oxygens (including phenoxy) is 1. The highest BCUT2D eigenvalue weighted by Crippen LogP contribution is 2.62. The lowest BCUT2D eigenvalue weighted by atomic mass is 9.75. The van der Waals surface area contributed by atoms with E-state index < -0.39 is 5.97 Å². The van der Waals surface area contributed by atoms with Gasteiger partial charge in [-0.05, 0) is 96.4 Å². The number of benzene rings is 2. The fraction of sp³-hybridized carbons (Fsp3) is 0.438. The predicted molar refractivity (Wildman–Crippen MR) is 141 cm³/mol. The summed E-state index contributed by atoms with van der Waals surface area (Å²) in [5.74, 6) is -0.135. The van der Waals surface area contributed by atoms with Crippen LogP contribution in [0.15, 0.2) is 48.7 Å². The fourth-order valence-electron chi connectivity index (χ4n) is 7.08. The molecule has 192 valence electrons. The first kappa shape index (κ1) is 24.1. The van der Waals surface area contributed by atoms with Crippen molar-refractivity contribution in [2.24, 2.45) is 11.3 Å². The van der Waals surface area contributed by atoms with Gasteiger partial charge in [0.25, 0.3) is 0 Å². The van der Waals surface area contributed by atoms with Gasteiger partial charge in [-0.3, -0.25) is 9.78 Å². The molecule has 1 spiro atoms. The highest BCUT2D eigenvalue weighted by atomic mass is 19.1. The Morgan fingerprint density at radius 2 is 1.97 bits per heavy atom. The van der Waals surface area contributed by atoms with E-state index in [1.807, 2.05) is 31.2 Å². The van der Waals surface area contributed by atoms with Crippen LogP contribution in [0.1, 0.15) is 79.8 Å². The molecule has 5 heteroatoms. The maximum atomic E-state index is 14.9. The van der Waals surface area contributed by atoms with Gasteiger partial charge in [0, 0.05) is 16.7 Å². The number of fused-ring (bicyclic) bond motifs is 2. The number of aryl methyl sites for hydroxylation is 2. The molecular formula is C32H34FNO3. The third kappa shape index (κ3) is 4.13. The minimum Gasteiger partial charge on any atom is -0.489 e. The third-order valence-corrected chi connectivity index (χ3v) is 9.27. The molecule has 4 nitrogen and oxygen atoms in total. The Kier molecular flexibility index (Phi) is 5.66. The zero-order valence-corrected chi connectivity index (χ0v) is 21.8. The molecule has 37 heavy (non-hydrogen) atoms. The van der Waals surface area contributed by atoms with Gasteiger partial charge in [-0.1, -0.05) is 44.5 Å². The minimum absolute atomic E-state index is 0.145. The van der Waals surface area contributed by atoms with Crippen LogP contribution in [0.3, 0.4) is 0 Å². The SMILES string of the molecule is Cc1cc(-c2ccc(COc3ccc4c(c3)[C@]3(CC4)C[C@H]3C(=O)O)cc2[C@@H]2CCCC2(C)C)c(F)cn1. The van der Waals surface area contributed by atoms with Crippen LogP contribution < -0.4 is 4.74 Å². The number of carboxylic acids is 1. The summed E-state index contributed by atoms with van der Waals surface area (Å²) in [7, 11) is 0. The van der Waals surface area contributed by atoms with Crippen LogP contribution in [0, 0.1) is 24.1 Å². The second-order valence-electron chi connectivity index (χ2n) is 12.0. The molecule has 3 aromatic rings. The molecule has 3 aliphatic carbocycles. The van der Waals surface area contributed by atoms with Gasteiger partial charge in [0.05, 0.1) is 12.1 Å². The number of carboxylic acid groups (broad SMARTS) is 1. The highest BCUT2D eigenvalue weighted by Gasteiger charge is 2.61. The first-order chi connectivity index (χ1) is 17.7. The van der Waals surface area contributed by atoms with Crippen LogP contribution in [0.4, 0.5) is 4.39 Å². The van der Waals surface area contributed by atoms with Crippen LogP contribution in [0.2, 0.25) is 0 Å². The van der Waals surface area contributed by atoms with Crippen LogP contribution in [-0.2, 0) is 23.2 Å². The summed E-state index contributed by atoms with van der Waals surface area (Å²) < 4.78 is 21.2. The number of pyridine rings is 1. The first-order valence-electron chi connectivity index (χ1n) is 13.4. The van der Waals surface area contributed by atoms with Crippen molar-refractivity contribution in [2.75, 3.05) is 0 Å². The highest BCUT2D eigenvalue weighted by molar-refractivity contribution is 5.78. The van der Waals surface area contributed by atoms with Crippen LogP contribution in [-0.4, -0.2) is 16.1 Å². The van der Waals surface area contributed by atoms with Gasteiger partial charge in [0.1, 0.15) is 18.2 Å². The Labute approximate surface area is 217 Å². The normalized spacial score (nSPS) is 25.3. The van der Waals surface area contributed by atoms with Crippen LogP contribution in [0.25, 0.3) is 11.1 Å². The molecule has 0 aliphatic heterocycles. The van der Waals surface area contributed by atoms with E-state index in [-0.39, 0.29) is 22.6 Å². The predicted octanol–water partition coefficient (Wildman–Crippen LogP) is 7.36. The van der Waals surface area contributed by atoms with Crippen molar-refractivity contribution in [3.05, 3.63) is 82.4 Å². The van der Waals surface area contributed by atoms with Gasteiger partial charge in [0.15, 0.2) is 0 Å². The van der Waals surface area contributed by atoms with E-state index in [0.29, 0.717) is 18.1 Å². The summed E-state index contributed by atoms with van der Waals surface area (Å²) in [6.45, 7) is 6.93. The number of rotatable bonds is 6. The van der Waals surface area contributed by atoms with Gasteiger partial charge in [0.2, 0.25) is 0 Å². The number of aliphatic carboxylic acids is 1. The zero-order valence-electron chi connectivity index (χ0n) is 21.8. The van der Waals surface area contributed by atoms with Crippen LogP contribution >= 0.6 is 0 Å². The molecule has 2 fully saturated rings. The molecule has 2 aromatic carbocycles. The van der Waals surface area contributed by atoms with E-state index in [0.717, 1.165) is 60.2 Å². The molecule has 1 N–H and O–H groups in total. The summed E-state index contributed by atoms with van der Waals surface area (Å²) in [5.41, 5.74) is 6.95. The Hall–Kier alpha value is -3.21. The molecule has 0 bridgehead atoms. The largest absolute Gasteiger partial charge is 0.489 e. The lowest BCUT2D eigenvalue weighted by molar-refractivity contribution is -0.139. The van der Waals surface area contributed by atoms with Gasteiger partial charge >= 0.3 is 5.97 Å². The molecule has 6 rings (SSSR count). The standard InChI is InChI=1S/C32H34FNO3/c1-19-13-25(29(33)17-34-19)23-9-6-20(14-24(23)26-5-4-11-31(26,2)3)18-37-22-8-7-21-10-12-32(27(21)15-22)16-28(32)30(35)36/h6-9,13-15,17,26,28H,4-5,10-12,16,18H2,1-3H3,(H,35,36)/t26-,28-,32-/m0/s1. The zero-order chi connectivity index (χ0) is 25.9. The Balaban J connectivity index is 1.30. The summed E-state index contributed by atoms with van der Waals surface area (Å²) in [5, 5.41) is 9.56. The third-order valence-electron chi connectivity index (χ3n) is 9.27. The second kappa shape index (κ2) is 8.68. The van der Waals surface area contributed by atoms with Crippen molar-refractivity contribution in [1.82, 2.24) is 4.98 Å². The fourth-order valence-corrected chi connectivity index (χ4v) is 7.08. The summed E-state index contributed by atoms with van der Waals surface area (Å²) in [4.78, 5) is 15.8. The topological polar surface area (TPSA) is 59.4 Å². The quantitative estimate of drug-likeness (QED) is 0.385. The number of carbonyl (C=O) groups is 1. The van der Waals surface area contributed by atoms with Gasteiger partial charge in [-0.25, -0.2) is 4.39 Å². The van der Waals surface area contributed by atoms with Gasteiger partial charge in [-0.15, -0.1) is 0 Å². The first-order valence-corrected chi connectivity index (χ1v) is 13.4. The molecule has 0 unspecified atom stereocenters. The molecule has 3 atom stereocenters. The number of hydrogen-bond donors (Lipinski definition) is 1. The monoisotopic (exact) mass is 499 g/mol. The number of aromatic nitrogens is 1. The second-order valence-corrected chi connectivity index (χ2v) is 12.0. The van der Waals surface area contributed by atoms with E-state index in [4.69, 9.17) is 4.74 Å². The average molecular weight is 500 g/mol. The number of hydrogen-bond acceptors (Lipinski definition) is 3. The maximum Gasteiger partial charge on any atom is 0.307 e. The van der Waals surface area contributed by atoms with E-state index in [1.165, 1.54) is 23.7 Å². The molecule has 1 heterocycles. The Bertz CT molecular complexity index is 1400. The van der Waals surface area contributed by atoms with E-state index in [2.05, 4.69) is 37.0 Å². The number of nitrogens with zero attached hydrogens (tertiary/aromatic N) is 1. The molecule has 0 radical (unpaired) electrons.